The molecule has 3 heteroatoms. The van der Waals surface area contributed by atoms with Gasteiger partial charge in [0.25, 0.3) is 0 Å². The Kier molecular flexibility index (Phi) is 2.46. The lowest BCUT2D eigenvalue weighted by Gasteiger charge is -2.52. The highest BCUT2D eigenvalue weighted by Crippen LogP contribution is 2.57. The van der Waals surface area contributed by atoms with Gasteiger partial charge in [0.05, 0.1) is 6.10 Å². The molecule has 0 radical (unpaired) electrons. The van der Waals surface area contributed by atoms with E-state index in [4.69, 9.17) is 4.74 Å². The maximum atomic E-state index is 11.7. The molecular weight excluding hydrogens is 228 g/mol. The summed E-state index contributed by atoms with van der Waals surface area (Å²) in [4.78, 5) is 11.7. The Morgan fingerprint density at radius 3 is 2.83 bits per heavy atom. The quantitative estimate of drug-likeness (QED) is 0.406. The molecule has 1 aliphatic heterocycles. The fourth-order valence-corrected chi connectivity index (χ4v) is 4.15. The minimum atomic E-state index is -0.318. The lowest BCUT2D eigenvalue weighted by Crippen LogP contribution is -2.53. The second-order valence-corrected chi connectivity index (χ2v) is 6.24. The van der Waals surface area contributed by atoms with Crippen LogP contribution in [0, 0.1) is 17.3 Å². The van der Waals surface area contributed by atoms with Crippen molar-refractivity contribution in [1.82, 2.24) is 0 Å². The molecule has 0 aromatic rings. The first-order chi connectivity index (χ1) is 8.45. The van der Waals surface area contributed by atoms with Crippen molar-refractivity contribution in [2.75, 3.05) is 0 Å². The molecule has 5 atom stereocenters. The molecule has 18 heavy (non-hydrogen) atoms. The molecule has 1 heterocycles. The van der Waals surface area contributed by atoms with Crippen molar-refractivity contribution >= 4 is 5.97 Å². The monoisotopic (exact) mass is 248 g/mol. The van der Waals surface area contributed by atoms with Gasteiger partial charge in [-0.25, -0.2) is 4.79 Å². The van der Waals surface area contributed by atoms with Crippen LogP contribution in [0.25, 0.3) is 0 Å². The van der Waals surface area contributed by atoms with E-state index in [2.05, 4.69) is 20.1 Å². The van der Waals surface area contributed by atoms with Gasteiger partial charge in [-0.2, -0.15) is 0 Å². The van der Waals surface area contributed by atoms with Gasteiger partial charge in [0.2, 0.25) is 0 Å². The van der Waals surface area contributed by atoms with E-state index in [0.29, 0.717) is 5.57 Å². The van der Waals surface area contributed by atoms with Gasteiger partial charge in [0.15, 0.2) is 0 Å². The highest BCUT2D eigenvalue weighted by molar-refractivity contribution is 5.91. The van der Waals surface area contributed by atoms with Crippen molar-refractivity contribution in [1.29, 1.82) is 0 Å². The fraction of sp³-hybridized carbons (Fsp3) is 0.667. The van der Waals surface area contributed by atoms with Gasteiger partial charge in [-0.05, 0) is 25.7 Å². The molecule has 3 aliphatic rings. The molecule has 1 N–H and O–H groups in total. The number of carbonyl (C=O) groups excluding carboxylic acids is 1. The number of aliphatic hydroxyl groups is 1. The summed E-state index contributed by atoms with van der Waals surface area (Å²) in [5.74, 6) is -0.0528. The molecule has 0 aromatic carbocycles. The molecule has 0 amide bonds. The summed E-state index contributed by atoms with van der Waals surface area (Å²) in [6.45, 7) is 10.1. The Morgan fingerprint density at radius 2 is 2.11 bits per heavy atom. The smallest absolute Gasteiger partial charge is 0.334 e. The predicted octanol–water partition coefficient (Wildman–Crippen LogP) is 2.21. The Hall–Kier alpha value is -1.09. The minimum Gasteiger partial charge on any atom is -0.458 e. The third kappa shape index (κ3) is 1.37. The summed E-state index contributed by atoms with van der Waals surface area (Å²) in [7, 11) is 0. The van der Waals surface area contributed by atoms with E-state index < -0.39 is 0 Å². The van der Waals surface area contributed by atoms with Crippen LogP contribution in [0.1, 0.15) is 32.6 Å². The SMILES string of the molecule is C=C1CC[C@H](O)[C@]2(C)CC[C@H]3C(=C)C(=O)O[C@@H]3[C@@H]12. The molecule has 1 saturated heterocycles. The molecule has 3 nitrogen and oxygen atoms in total. The normalized spacial score (nSPS) is 47.6. The molecule has 0 aromatic heterocycles. The summed E-state index contributed by atoms with van der Waals surface area (Å²) < 4.78 is 5.52. The van der Waals surface area contributed by atoms with Crippen LogP contribution in [-0.2, 0) is 9.53 Å². The van der Waals surface area contributed by atoms with Crippen LogP contribution >= 0.6 is 0 Å². The molecule has 0 unspecified atom stereocenters. The van der Waals surface area contributed by atoms with Crippen molar-refractivity contribution in [3.8, 4) is 0 Å². The van der Waals surface area contributed by atoms with Crippen molar-refractivity contribution in [3.63, 3.8) is 0 Å². The second-order valence-electron chi connectivity index (χ2n) is 6.24. The van der Waals surface area contributed by atoms with E-state index in [1.165, 1.54) is 0 Å². The van der Waals surface area contributed by atoms with Crippen LogP contribution in [0.5, 0.6) is 0 Å². The number of rotatable bonds is 0. The van der Waals surface area contributed by atoms with Crippen molar-refractivity contribution in [3.05, 3.63) is 24.3 Å². The molecule has 3 fully saturated rings. The highest BCUT2D eigenvalue weighted by atomic mass is 16.6. The van der Waals surface area contributed by atoms with Gasteiger partial charge in [-0.1, -0.05) is 25.7 Å². The summed E-state index contributed by atoms with van der Waals surface area (Å²) in [5.41, 5.74) is 1.54. The van der Waals surface area contributed by atoms with Gasteiger partial charge in [0, 0.05) is 22.8 Å². The van der Waals surface area contributed by atoms with Crippen LogP contribution in [0.2, 0.25) is 0 Å². The Bertz CT molecular complexity index is 439. The van der Waals surface area contributed by atoms with Crippen molar-refractivity contribution in [2.24, 2.45) is 17.3 Å². The average Bonchev–Trinajstić information content (AvgIpc) is 2.60. The third-order valence-electron chi connectivity index (χ3n) is 5.32. The minimum absolute atomic E-state index is 0.0863. The second kappa shape index (κ2) is 3.70. The topological polar surface area (TPSA) is 46.5 Å². The number of ether oxygens (including phenoxy) is 1. The molecule has 2 aliphatic carbocycles. The predicted molar refractivity (Wildman–Crippen MR) is 67.7 cm³/mol. The zero-order valence-corrected chi connectivity index (χ0v) is 10.8. The number of fused-ring (bicyclic) bond motifs is 3. The van der Waals surface area contributed by atoms with Crippen molar-refractivity contribution < 1.29 is 14.6 Å². The number of carbonyl (C=O) groups is 1. The first-order valence-electron chi connectivity index (χ1n) is 6.70. The maximum Gasteiger partial charge on any atom is 0.334 e. The van der Waals surface area contributed by atoms with Gasteiger partial charge in [0.1, 0.15) is 6.10 Å². The summed E-state index contributed by atoms with van der Waals surface area (Å²) in [5, 5.41) is 10.3. The Balaban J connectivity index is 2.00. The van der Waals surface area contributed by atoms with Gasteiger partial charge in [-0.3, -0.25) is 0 Å². The molecule has 0 spiro atoms. The number of hydrogen-bond acceptors (Lipinski definition) is 3. The largest absolute Gasteiger partial charge is 0.458 e. The lowest BCUT2D eigenvalue weighted by atomic mass is 9.54. The third-order valence-corrected chi connectivity index (χ3v) is 5.32. The number of hydrogen-bond donors (Lipinski definition) is 1. The Labute approximate surface area is 108 Å². The van der Waals surface area contributed by atoms with Crippen LogP contribution in [0.15, 0.2) is 24.3 Å². The number of esters is 1. The highest BCUT2D eigenvalue weighted by Gasteiger charge is 2.57. The molecule has 2 saturated carbocycles. The van der Waals surface area contributed by atoms with Crippen LogP contribution < -0.4 is 0 Å². The van der Waals surface area contributed by atoms with Gasteiger partial charge in [-0.15, -0.1) is 0 Å². The Morgan fingerprint density at radius 1 is 1.39 bits per heavy atom. The first-order valence-corrected chi connectivity index (χ1v) is 6.70. The lowest BCUT2D eigenvalue weighted by molar-refractivity contribution is -0.150. The van der Waals surface area contributed by atoms with E-state index in [9.17, 15) is 9.90 Å². The molecular formula is C15H20O3. The van der Waals surface area contributed by atoms with E-state index in [1.807, 2.05) is 0 Å². The zero-order valence-electron chi connectivity index (χ0n) is 10.8. The van der Waals surface area contributed by atoms with E-state index >= 15 is 0 Å². The van der Waals surface area contributed by atoms with E-state index in [1.54, 1.807) is 0 Å². The van der Waals surface area contributed by atoms with Crippen LogP contribution in [-0.4, -0.2) is 23.3 Å². The van der Waals surface area contributed by atoms with Gasteiger partial charge >= 0.3 is 5.97 Å². The van der Waals surface area contributed by atoms with Crippen LogP contribution in [0.4, 0.5) is 0 Å². The molecule has 0 bridgehead atoms. The van der Waals surface area contributed by atoms with Gasteiger partial charge < -0.3 is 9.84 Å². The van der Waals surface area contributed by atoms with Crippen molar-refractivity contribution in [2.45, 2.75) is 44.8 Å². The first kappa shape index (κ1) is 12.0. The molecule has 3 rings (SSSR count). The van der Waals surface area contributed by atoms with Crippen LogP contribution in [0.3, 0.4) is 0 Å². The molecule has 98 valence electrons. The zero-order chi connectivity index (χ0) is 13.1. The summed E-state index contributed by atoms with van der Waals surface area (Å²) in [6, 6.07) is 0. The summed E-state index contributed by atoms with van der Waals surface area (Å²) in [6.07, 6.45) is 2.93. The fourth-order valence-electron chi connectivity index (χ4n) is 4.15. The van der Waals surface area contributed by atoms with E-state index in [0.717, 1.165) is 31.3 Å². The average molecular weight is 248 g/mol. The standard InChI is InChI=1S/C15H20O3/c1-8-4-5-11(16)15(3)7-6-10-9(2)14(17)18-13(10)12(8)15/h10-13,16H,1-2,4-7H2,3H3/t10-,11-,12+,13-,15-/m0/s1. The maximum absolute atomic E-state index is 11.7. The number of aliphatic hydroxyl groups excluding tert-OH is 1. The van der Waals surface area contributed by atoms with E-state index in [-0.39, 0.29) is 35.4 Å². The summed E-state index contributed by atoms with van der Waals surface area (Å²) >= 11 is 0.